The third-order valence-corrected chi connectivity index (χ3v) is 4.23. The fraction of sp³-hybridized carbons (Fsp3) is 0.909. The van der Waals surface area contributed by atoms with E-state index < -0.39 is 22.6 Å². The summed E-state index contributed by atoms with van der Waals surface area (Å²) in [4.78, 5) is 26.1. The van der Waals surface area contributed by atoms with Crippen LogP contribution < -0.4 is 0 Å². The number of nitrogens with zero attached hydrogens (tertiary/aromatic N) is 2. The van der Waals surface area contributed by atoms with Gasteiger partial charge in [0.25, 0.3) is 5.09 Å². The highest BCUT2D eigenvalue weighted by Crippen LogP contribution is 2.33. The van der Waals surface area contributed by atoms with Crippen LogP contribution in [-0.4, -0.2) is 52.4 Å². The molecule has 0 radical (unpaired) electrons. The number of quaternary nitrogens is 1. The van der Waals surface area contributed by atoms with E-state index in [0.29, 0.717) is 13.0 Å². The first kappa shape index (κ1) is 14.7. The monoisotopic (exact) mass is 261 g/mol. The number of likely N-dealkylation sites (N-methyl/N-ethyl adjacent to an activating group) is 1. The van der Waals surface area contributed by atoms with E-state index in [9.17, 15) is 20.0 Å². The van der Waals surface area contributed by atoms with Gasteiger partial charge in [-0.2, -0.15) is 0 Å². The van der Waals surface area contributed by atoms with Gasteiger partial charge in [-0.1, -0.05) is 0 Å². The van der Waals surface area contributed by atoms with Crippen molar-refractivity contribution in [3.8, 4) is 0 Å². The SMILES string of the molecule is CC(C)(CO[N+](=O)[O-])[N+]1(C)CCCCC1C(=O)O. The second-order valence-electron chi connectivity index (χ2n) is 5.65. The highest BCUT2D eigenvalue weighted by atomic mass is 16.9. The Balaban J connectivity index is 2.92. The minimum Gasteiger partial charge on any atom is -0.477 e. The Bertz CT molecular complexity index is 344. The van der Waals surface area contributed by atoms with E-state index in [-0.39, 0.29) is 11.1 Å². The van der Waals surface area contributed by atoms with Gasteiger partial charge in [0.1, 0.15) is 5.54 Å². The first-order valence-corrected chi connectivity index (χ1v) is 6.06. The van der Waals surface area contributed by atoms with Gasteiger partial charge in [0.05, 0.1) is 13.6 Å². The quantitative estimate of drug-likeness (QED) is 0.454. The molecule has 0 spiro atoms. The molecule has 2 atom stereocenters. The van der Waals surface area contributed by atoms with Crippen LogP contribution in [0.15, 0.2) is 0 Å². The summed E-state index contributed by atoms with van der Waals surface area (Å²) in [6.07, 6.45) is 2.42. The van der Waals surface area contributed by atoms with Crippen molar-refractivity contribution in [2.45, 2.75) is 44.7 Å². The molecule has 0 aromatic heterocycles. The first-order valence-electron chi connectivity index (χ1n) is 6.06. The summed E-state index contributed by atoms with van der Waals surface area (Å²) >= 11 is 0. The van der Waals surface area contributed by atoms with Gasteiger partial charge in [-0.3, -0.25) is 0 Å². The summed E-state index contributed by atoms with van der Waals surface area (Å²) in [5, 5.41) is 18.8. The van der Waals surface area contributed by atoms with Crippen LogP contribution in [-0.2, 0) is 9.63 Å². The van der Waals surface area contributed by atoms with Crippen LogP contribution in [0.25, 0.3) is 0 Å². The van der Waals surface area contributed by atoms with Gasteiger partial charge in [-0.25, -0.2) is 4.79 Å². The molecule has 0 bridgehead atoms. The standard InChI is InChI=1S/C11H20N2O5/c1-11(2,8-18-12(16)17)13(3)7-5-4-6-9(13)10(14)15/h9H,4-8H2,1-3H3/p+1. The molecule has 7 heteroatoms. The molecule has 0 amide bonds. The van der Waals surface area contributed by atoms with Crippen LogP contribution >= 0.6 is 0 Å². The Labute approximate surface area is 106 Å². The summed E-state index contributed by atoms with van der Waals surface area (Å²) in [6, 6.07) is -0.524. The summed E-state index contributed by atoms with van der Waals surface area (Å²) in [5.41, 5.74) is -0.615. The lowest BCUT2D eigenvalue weighted by molar-refractivity contribution is -0.979. The Kier molecular flexibility index (Phi) is 4.16. The zero-order chi connectivity index (χ0) is 14.0. The molecule has 1 saturated heterocycles. The number of carboxylic acid groups (broad SMARTS) is 1. The molecule has 1 aliphatic heterocycles. The van der Waals surface area contributed by atoms with E-state index in [1.54, 1.807) is 0 Å². The van der Waals surface area contributed by atoms with Crippen molar-refractivity contribution in [2.75, 3.05) is 20.2 Å². The molecule has 0 aliphatic carbocycles. The minimum absolute atomic E-state index is 0.0969. The van der Waals surface area contributed by atoms with Gasteiger partial charge >= 0.3 is 5.97 Å². The summed E-state index contributed by atoms with van der Waals surface area (Å²) in [5.74, 6) is -0.841. The highest BCUT2D eigenvalue weighted by Gasteiger charge is 2.51. The van der Waals surface area contributed by atoms with Gasteiger partial charge in [0, 0.05) is 6.42 Å². The predicted octanol–water partition coefficient (Wildman–Crippen LogP) is 1.06. The Morgan fingerprint density at radius 3 is 2.67 bits per heavy atom. The second kappa shape index (κ2) is 5.09. The number of piperidine rings is 1. The van der Waals surface area contributed by atoms with Crippen LogP contribution in [0.3, 0.4) is 0 Å². The Hall–Kier alpha value is -1.37. The fourth-order valence-electron chi connectivity index (χ4n) is 2.67. The maximum atomic E-state index is 11.4. The minimum atomic E-state index is -0.841. The zero-order valence-corrected chi connectivity index (χ0v) is 11.1. The number of hydrogen-bond donors (Lipinski definition) is 1. The van der Waals surface area contributed by atoms with E-state index in [4.69, 9.17) is 0 Å². The summed E-state index contributed by atoms with van der Waals surface area (Å²) < 4.78 is 0.274. The van der Waals surface area contributed by atoms with Crippen LogP contribution in [0.4, 0.5) is 0 Å². The van der Waals surface area contributed by atoms with E-state index in [1.165, 1.54) is 0 Å². The number of likely N-dealkylation sites (tertiary alicyclic amines) is 1. The number of hydrogen-bond acceptors (Lipinski definition) is 4. The third kappa shape index (κ3) is 2.72. The third-order valence-electron chi connectivity index (χ3n) is 4.23. The lowest BCUT2D eigenvalue weighted by atomic mass is 9.90. The van der Waals surface area contributed by atoms with Crippen molar-refractivity contribution in [2.24, 2.45) is 0 Å². The largest absolute Gasteiger partial charge is 0.477 e. The molecule has 104 valence electrons. The molecule has 0 aromatic rings. The number of aliphatic carboxylic acids is 1. The number of carbonyl (C=O) groups is 1. The van der Waals surface area contributed by atoms with Crippen molar-refractivity contribution in [3.63, 3.8) is 0 Å². The summed E-state index contributed by atoms with van der Waals surface area (Å²) in [7, 11) is 1.85. The van der Waals surface area contributed by atoms with Crippen molar-refractivity contribution in [1.82, 2.24) is 0 Å². The van der Waals surface area contributed by atoms with Crippen LogP contribution in [0.1, 0.15) is 33.1 Å². The molecule has 1 fully saturated rings. The fourth-order valence-corrected chi connectivity index (χ4v) is 2.67. The average Bonchev–Trinajstić information content (AvgIpc) is 2.26. The van der Waals surface area contributed by atoms with Gasteiger partial charge in [-0.15, -0.1) is 10.1 Å². The molecule has 7 nitrogen and oxygen atoms in total. The highest BCUT2D eigenvalue weighted by molar-refractivity contribution is 5.72. The molecular weight excluding hydrogens is 240 g/mol. The predicted molar refractivity (Wildman–Crippen MR) is 63.4 cm³/mol. The Morgan fingerprint density at radius 1 is 1.56 bits per heavy atom. The molecule has 0 saturated carbocycles. The van der Waals surface area contributed by atoms with Gasteiger partial charge in [0.15, 0.2) is 12.6 Å². The molecule has 1 N–H and O–H groups in total. The number of rotatable bonds is 5. The lowest BCUT2D eigenvalue weighted by Crippen LogP contribution is -2.69. The van der Waals surface area contributed by atoms with Gasteiger partial charge in [0.2, 0.25) is 0 Å². The van der Waals surface area contributed by atoms with Gasteiger partial charge in [-0.05, 0) is 26.7 Å². The summed E-state index contributed by atoms with van der Waals surface area (Å²) in [6.45, 7) is 4.24. The van der Waals surface area contributed by atoms with E-state index in [0.717, 1.165) is 12.8 Å². The first-order chi connectivity index (χ1) is 8.21. The van der Waals surface area contributed by atoms with Crippen LogP contribution in [0.2, 0.25) is 0 Å². The normalized spacial score (nSPS) is 28.7. The smallest absolute Gasteiger partial charge is 0.362 e. The molecule has 1 rings (SSSR count). The number of carboxylic acids is 1. The molecule has 1 heterocycles. The second-order valence-corrected chi connectivity index (χ2v) is 5.65. The maximum Gasteiger partial charge on any atom is 0.362 e. The maximum absolute atomic E-state index is 11.4. The lowest BCUT2D eigenvalue weighted by Gasteiger charge is -2.52. The van der Waals surface area contributed by atoms with Crippen LogP contribution in [0, 0.1) is 10.1 Å². The van der Waals surface area contributed by atoms with Crippen LogP contribution in [0.5, 0.6) is 0 Å². The van der Waals surface area contributed by atoms with E-state index in [1.807, 2.05) is 20.9 Å². The molecule has 1 aliphatic rings. The molecular formula is C11H21N2O5+. The Morgan fingerprint density at radius 2 is 2.17 bits per heavy atom. The average molecular weight is 261 g/mol. The molecule has 18 heavy (non-hydrogen) atoms. The van der Waals surface area contributed by atoms with Crippen molar-refractivity contribution in [1.29, 1.82) is 0 Å². The molecule has 0 aromatic carbocycles. The zero-order valence-electron chi connectivity index (χ0n) is 11.1. The topological polar surface area (TPSA) is 89.7 Å². The van der Waals surface area contributed by atoms with Crippen molar-refractivity contribution >= 4 is 5.97 Å². The van der Waals surface area contributed by atoms with E-state index >= 15 is 0 Å². The van der Waals surface area contributed by atoms with Crippen molar-refractivity contribution in [3.05, 3.63) is 10.1 Å². The van der Waals surface area contributed by atoms with Crippen molar-refractivity contribution < 1.29 is 24.3 Å². The molecule has 2 unspecified atom stereocenters. The van der Waals surface area contributed by atoms with Gasteiger partial charge < -0.3 is 14.4 Å². The van der Waals surface area contributed by atoms with E-state index in [2.05, 4.69) is 4.84 Å².